The molecule has 0 bridgehead atoms. The maximum absolute atomic E-state index is 13.6. The number of nitrogens with two attached hydrogens (primary N) is 1. The lowest BCUT2D eigenvalue weighted by Gasteiger charge is -2.11. The minimum atomic E-state index is -0.502. The van der Waals surface area contributed by atoms with Gasteiger partial charge in [0.05, 0.1) is 11.3 Å². The van der Waals surface area contributed by atoms with Gasteiger partial charge in [-0.2, -0.15) is 0 Å². The van der Waals surface area contributed by atoms with Gasteiger partial charge in [-0.1, -0.05) is 6.07 Å². The van der Waals surface area contributed by atoms with E-state index in [9.17, 15) is 4.39 Å². The molecule has 0 saturated carbocycles. The van der Waals surface area contributed by atoms with Crippen molar-refractivity contribution in [3.05, 3.63) is 47.8 Å². The van der Waals surface area contributed by atoms with E-state index in [0.29, 0.717) is 11.5 Å². The number of nitrogen functional groups attached to an aromatic ring is 1. The first-order valence-corrected chi connectivity index (χ1v) is 4.74. The van der Waals surface area contributed by atoms with Crippen LogP contribution in [0.4, 0.5) is 4.39 Å². The monoisotopic (exact) mass is 218 g/mol. The first-order chi connectivity index (χ1) is 7.61. The minimum Gasteiger partial charge on any atom is -0.384 e. The minimum absolute atomic E-state index is 0.101. The number of imidazole rings is 1. The number of halogens is 1. The number of aromatic nitrogens is 2. The van der Waals surface area contributed by atoms with Gasteiger partial charge >= 0.3 is 0 Å². The Balaban J connectivity index is 2.70. The molecule has 1 heterocycles. The first kappa shape index (κ1) is 10.4. The van der Waals surface area contributed by atoms with E-state index >= 15 is 0 Å². The van der Waals surface area contributed by atoms with Gasteiger partial charge in [0.25, 0.3) is 0 Å². The largest absolute Gasteiger partial charge is 0.384 e. The fourth-order valence-corrected chi connectivity index (χ4v) is 1.61. The lowest BCUT2D eigenvalue weighted by atomic mass is 10.1. The molecule has 4 nitrogen and oxygen atoms in total. The van der Waals surface area contributed by atoms with Crippen molar-refractivity contribution in [3.63, 3.8) is 0 Å². The van der Waals surface area contributed by atoms with E-state index < -0.39 is 5.82 Å². The molecule has 3 N–H and O–H groups in total. The fraction of sp³-hybridized carbons (Fsp3) is 0.0909. The molecule has 0 amide bonds. The normalized spacial score (nSPS) is 10.4. The maximum Gasteiger partial charge on any atom is 0.136 e. The Morgan fingerprint density at radius 1 is 1.50 bits per heavy atom. The molecule has 0 aliphatic rings. The third-order valence-electron chi connectivity index (χ3n) is 2.35. The fourth-order valence-electron chi connectivity index (χ4n) is 1.61. The molecule has 16 heavy (non-hydrogen) atoms. The van der Waals surface area contributed by atoms with Gasteiger partial charge < -0.3 is 10.3 Å². The molecule has 0 atom stereocenters. The van der Waals surface area contributed by atoms with Crippen molar-refractivity contribution in [2.75, 3.05) is 0 Å². The van der Waals surface area contributed by atoms with Crippen LogP contribution in [-0.2, 0) is 0 Å². The van der Waals surface area contributed by atoms with E-state index in [1.54, 1.807) is 36.0 Å². The summed E-state index contributed by atoms with van der Waals surface area (Å²) in [6.45, 7) is 1.80. The van der Waals surface area contributed by atoms with Crippen molar-refractivity contribution in [1.29, 1.82) is 5.41 Å². The van der Waals surface area contributed by atoms with Crippen molar-refractivity contribution in [2.24, 2.45) is 5.73 Å². The predicted octanol–water partition coefficient (Wildman–Crippen LogP) is 1.60. The molecule has 2 rings (SSSR count). The Hall–Kier alpha value is -2.17. The number of nitrogens with zero attached hydrogens (tertiary/aromatic N) is 2. The summed E-state index contributed by atoms with van der Waals surface area (Å²) in [5.41, 5.74) is 6.01. The molecule has 2 aromatic rings. The molecule has 0 fully saturated rings. The van der Waals surface area contributed by atoms with E-state index in [4.69, 9.17) is 11.1 Å². The average Bonchev–Trinajstić information content (AvgIpc) is 2.63. The summed E-state index contributed by atoms with van der Waals surface area (Å²) >= 11 is 0. The summed E-state index contributed by atoms with van der Waals surface area (Å²) in [5.74, 6) is -0.0765. The van der Waals surface area contributed by atoms with Crippen molar-refractivity contribution < 1.29 is 4.39 Å². The van der Waals surface area contributed by atoms with Gasteiger partial charge in [0.1, 0.15) is 17.5 Å². The second-order valence-electron chi connectivity index (χ2n) is 3.39. The molecule has 82 valence electrons. The van der Waals surface area contributed by atoms with Gasteiger partial charge in [-0.05, 0) is 19.1 Å². The zero-order chi connectivity index (χ0) is 11.7. The lowest BCUT2D eigenvalue weighted by molar-refractivity contribution is 0.623. The van der Waals surface area contributed by atoms with Crippen LogP contribution in [0.5, 0.6) is 0 Å². The molecular formula is C11H11FN4. The van der Waals surface area contributed by atoms with Crippen LogP contribution in [0, 0.1) is 18.2 Å². The standard InChI is InChI=1S/C11H11FN4/c1-7-15-5-6-16(7)9-4-2-3-8(12)10(9)11(13)14/h2-6H,1H3,(H3,13,14). The Labute approximate surface area is 92.0 Å². The summed E-state index contributed by atoms with van der Waals surface area (Å²) < 4.78 is 15.3. The number of nitrogens with one attached hydrogen (secondary N) is 1. The molecule has 0 unspecified atom stereocenters. The zero-order valence-electron chi connectivity index (χ0n) is 8.74. The summed E-state index contributed by atoms with van der Waals surface area (Å²) in [4.78, 5) is 4.05. The van der Waals surface area contributed by atoms with Crippen LogP contribution in [0.25, 0.3) is 5.69 Å². The summed E-state index contributed by atoms with van der Waals surface area (Å²) in [5, 5.41) is 7.39. The number of amidine groups is 1. The topological polar surface area (TPSA) is 67.7 Å². The summed E-state index contributed by atoms with van der Waals surface area (Å²) in [7, 11) is 0. The average molecular weight is 218 g/mol. The Kier molecular flexibility index (Phi) is 2.44. The third kappa shape index (κ3) is 1.56. The second kappa shape index (κ2) is 3.77. The van der Waals surface area contributed by atoms with E-state index in [2.05, 4.69) is 4.98 Å². The van der Waals surface area contributed by atoms with Crippen molar-refractivity contribution in [1.82, 2.24) is 9.55 Å². The van der Waals surface area contributed by atoms with Crippen molar-refractivity contribution >= 4 is 5.84 Å². The summed E-state index contributed by atoms with van der Waals surface area (Å²) in [6.07, 6.45) is 3.32. The van der Waals surface area contributed by atoms with Crippen LogP contribution >= 0.6 is 0 Å². The molecule has 0 spiro atoms. The number of benzene rings is 1. The predicted molar refractivity (Wildman–Crippen MR) is 59.3 cm³/mol. The lowest BCUT2D eigenvalue weighted by Crippen LogP contribution is -2.17. The smallest absolute Gasteiger partial charge is 0.136 e. The Bertz CT molecular complexity index is 545. The van der Waals surface area contributed by atoms with Crippen LogP contribution in [0.15, 0.2) is 30.6 Å². The summed E-state index contributed by atoms with van der Waals surface area (Å²) in [6, 6.07) is 4.57. The molecule has 0 radical (unpaired) electrons. The Morgan fingerprint density at radius 3 is 2.81 bits per heavy atom. The number of aryl methyl sites for hydroxylation is 1. The number of hydrogen-bond acceptors (Lipinski definition) is 2. The molecule has 0 saturated heterocycles. The highest BCUT2D eigenvalue weighted by Gasteiger charge is 2.13. The van der Waals surface area contributed by atoms with Gasteiger partial charge in [-0.25, -0.2) is 9.37 Å². The molecular weight excluding hydrogens is 207 g/mol. The number of rotatable bonds is 2. The highest BCUT2D eigenvalue weighted by molar-refractivity contribution is 5.98. The zero-order valence-corrected chi connectivity index (χ0v) is 8.74. The quantitative estimate of drug-likeness (QED) is 0.594. The highest BCUT2D eigenvalue weighted by atomic mass is 19.1. The van der Waals surface area contributed by atoms with Crippen LogP contribution in [0.3, 0.4) is 0 Å². The number of hydrogen-bond donors (Lipinski definition) is 2. The van der Waals surface area contributed by atoms with Crippen LogP contribution in [-0.4, -0.2) is 15.4 Å². The third-order valence-corrected chi connectivity index (χ3v) is 2.35. The van der Waals surface area contributed by atoms with Crippen LogP contribution in [0.1, 0.15) is 11.4 Å². The van der Waals surface area contributed by atoms with Crippen LogP contribution in [0.2, 0.25) is 0 Å². The van der Waals surface area contributed by atoms with Crippen LogP contribution < -0.4 is 5.73 Å². The Morgan fingerprint density at radius 2 is 2.25 bits per heavy atom. The van der Waals surface area contributed by atoms with E-state index in [1.165, 1.54) is 6.07 Å². The van der Waals surface area contributed by atoms with Gasteiger partial charge in [-0.15, -0.1) is 0 Å². The van der Waals surface area contributed by atoms with E-state index in [-0.39, 0.29) is 11.4 Å². The van der Waals surface area contributed by atoms with E-state index in [1.807, 2.05) is 0 Å². The van der Waals surface area contributed by atoms with Gasteiger partial charge in [-0.3, -0.25) is 5.41 Å². The SMILES string of the molecule is Cc1nccn1-c1cccc(F)c1C(=N)N. The molecule has 1 aromatic heterocycles. The maximum atomic E-state index is 13.6. The highest BCUT2D eigenvalue weighted by Crippen LogP contribution is 2.18. The van der Waals surface area contributed by atoms with Crippen molar-refractivity contribution in [2.45, 2.75) is 6.92 Å². The van der Waals surface area contributed by atoms with E-state index in [0.717, 1.165) is 0 Å². The molecule has 1 aromatic carbocycles. The first-order valence-electron chi connectivity index (χ1n) is 4.74. The molecule has 0 aliphatic heterocycles. The van der Waals surface area contributed by atoms with Gasteiger partial charge in [0, 0.05) is 12.4 Å². The van der Waals surface area contributed by atoms with Gasteiger partial charge in [0.15, 0.2) is 0 Å². The molecule has 5 heteroatoms. The van der Waals surface area contributed by atoms with Gasteiger partial charge in [0.2, 0.25) is 0 Å². The molecule has 0 aliphatic carbocycles. The van der Waals surface area contributed by atoms with Crippen molar-refractivity contribution in [3.8, 4) is 5.69 Å². The second-order valence-corrected chi connectivity index (χ2v) is 3.39.